The number of rotatable bonds is 5. The molecule has 0 aromatic heterocycles. The number of benzene rings is 2. The highest BCUT2D eigenvalue weighted by molar-refractivity contribution is 7.89. The summed E-state index contributed by atoms with van der Waals surface area (Å²) in [5, 5.41) is 0. The fourth-order valence-corrected chi connectivity index (χ4v) is 3.45. The third kappa shape index (κ3) is 3.05. The summed E-state index contributed by atoms with van der Waals surface area (Å²) < 4.78 is 39.9. The van der Waals surface area contributed by atoms with Crippen LogP contribution >= 0.6 is 0 Å². The van der Waals surface area contributed by atoms with Gasteiger partial charge in [0.25, 0.3) is 0 Å². The molecule has 0 heterocycles. The summed E-state index contributed by atoms with van der Waals surface area (Å²) in [6, 6.07) is 14.7. The molecule has 0 saturated heterocycles. The fourth-order valence-electron chi connectivity index (χ4n) is 1.95. The van der Waals surface area contributed by atoms with E-state index in [4.69, 9.17) is 0 Å². The highest BCUT2D eigenvalue weighted by Crippen LogP contribution is 2.20. The molecule has 0 aliphatic heterocycles. The maximum Gasteiger partial charge on any atom is 0.246 e. The molecule has 3 nitrogen and oxygen atoms in total. The van der Waals surface area contributed by atoms with Crippen molar-refractivity contribution in [1.29, 1.82) is 0 Å². The smallest absolute Gasteiger partial charge is 0.207 e. The van der Waals surface area contributed by atoms with Crippen LogP contribution in [0.5, 0.6) is 0 Å². The van der Waals surface area contributed by atoms with Crippen molar-refractivity contribution in [3.63, 3.8) is 0 Å². The lowest BCUT2D eigenvalue weighted by Gasteiger charge is -2.20. The van der Waals surface area contributed by atoms with Crippen molar-refractivity contribution in [2.75, 3.05) is 6.54 Å². The molecule has 0 fully saturated rings. The summed E-state index contributed by atoms with van der Waals surface area (Å²) >= 11 is 0. The van der Waals surface area contributed by atoms with E-state index in [9.17, 15) is 12.8 Å². The van der Waals surface area contributed by atoms with Gasteiger partial charge in [-0.05, 0) is 17.7 Å². The first-order valence-electron chi connectivity index (χ1n) is 6.34. The minimum absolute atomic E-state index is 0.230. The zero-order valence-corrected chi connectivity index (χ0v) is 12.0. The third-order valence-electron chi connectivity index (χ3n) is 3.01. The summed E-state index contributed by atoms with van der Waals surface area (Å²) in [5.74, 6) is -0.723. The molecule has 5 heteroatoms. The van der Waals surface area contributed by atoms with Crippen molar-refractivity contribution < 1.29 is 12.8 Å². The first-order valence-corrected chi connectivity index (χ1v) is 7.78. The highest BCUT2D eigenvalue weighted by atomic mass is 32.2. The molecule has 106 valence electrons. The molecule has 0 N–H and O–H groups in total. The van der Waals surface area contributed by atoms with Gasteiger partial charge < -0.3 is 0 Å². The number of nitrogens with zero attached hydrogens (tertiary/aromatic N) is 1. The van der Waals surface area contributed by atoms with Gasteiger partial charge in [0.15, 0.2) is 0 Å². The van der Waals surface area contributed by atoms with Crippen molar-refractivity contribution in [3.8, 4) is 0 Å². The van der Waals surface area contributed by atoms with Gasteiger partial charge in [0.2, 0.25) is 10.0 Å². The molecular formula is C15H16FNO2S. The van der Waals surface area contributed by atoms with Crippen molar-refractivity contribution in [2.45, 2.75) is 18.4 Å². The topological polar surface area (TPSA) is 37.4 Å². The van der Waals surface area contributed by atoms with Gasteiger partial charge in [-0.25, -0.2) is 12.8 Å². The van der Waals surface area contributed by atoms with E-state index in [1.165, 1.54) is 22.5 Å². The van der Waals surface area contributed by atoms with Crippen LogP contribution in [0.4, 0.5) is 4.39 Å². The molecule has 0 aliphatic rings. The minimum atomic E-state index is -3.82. The highest BCUT2D eigenvalue weighted by Gasteiger charge is 2.25. The standard InChI is InChI=1S/C15H16FNO2S/c1-2-17(12-13-8-4-3-5-9-13)20(18,19)15-11-7-6-10-14(15)16/h3-11H,2,12H2,1H3. The van der Waals surface area contributed by atoms with Crippen molar-refractivity contribution >= 4 is 10.0 Å². The van der Waals surface area contributed by atoms with Gasteiger partial charge in [-0.3, -0.25) is 0 Å². The zero-order valence-electron chi connectivity index (χ0n) is 11.2. The molecule has 0 unspecified atom stereocenters. The minimum Gasteiger partial charge on any atom is -0.207 e. The van der Waals surface area contributed by atoms with E-state index in [0.29, 0.717) is 0 Å². The van der Waals surface area contributed by atoms with Gasteiger partial charge in [-0.2, -0.15) is 4.31 Å². The monoisotopic (exact) mass is 293 g/mol. The van der Waals surface area contributed by atoms with Crippen LogP contribution in [-0.4, -0.2) is 19.3 Å². The second-order valence-electron chi connectivity index (χ2n) is 4.35. The van der Waals surface area contributed by atoms with Crippen LogP contribution in [0, 0.1) is 5.82 Å². The van der Waals surface area contributed by atoms with Crippen LogP contribution in [-0.2, 0) is 16.6 Å². The molecule has 0 spiro atoms. The molecule has 0 aliphatic carbocycles. The molecule has 0 atom stereocenters. The number of hydrogen-bond donors (Lipinski definition) is 0. The Morgan fingerprint density at radius 3 is 2.20 bits per heavy atom. The maximum atomic E-state index is 13.7. The zero-order chi connectivity index (χ0) is 14.6. The Hall–Kier alpha value is -1.72. The molecule has 2 rings (SSSR count). The number of halogens is 1. The number of sulfonamides is 1. The largest absolute Gasteiger partial charge is 0.246 e. The van der Waals surface area contributed by atoms with Gasteiger partial charge in [0.05, 0.1) is 0 Å². The first kappa shape index (κ1) is 14.7. The SMILES string of the molecule is CCN(Cc1ccccc1)S(=O)(=O)c1ccccc1F. The fraction of sp³-hybridized carbons (Fsp3) is 0.200. The summed E-state index contributed by atoms with van der Waals surface area (Å²) in [7, 11) is -3.82. The van der Waals surface area contributed by atoms with E-state index in [2.05, 4.69) is 0 Å². The molecule has 0 radical (unpaired) electrons. The quantitative estimate of drug-likeness (QED) is 0.849. The molecular weight excluding hydrogens is 277 g/mol. The Morgan fingerprint density at radius 2 is 1.60 bits per heavy atom. The van der Waals surface area contributed by atoms with Crippen LogP contribution in [0.3, 0.4) is 0 Å². The molecule has 20 heavy (non-hydrogen) atoms. The van der Waals surface area contributed by atoms with Gasteiger partial charge in [-0.15, -0.1) is 0 Å². The van der Waals surface area contributed by atoms with Crippen LogP contribution in [0.1, 0.15) is 12.5 Å². The summed E-state index contributed by atoms with van der Waals surface area (Å²) in [4.78, 5) is -0.280. The van der Waals surface area contributed by atoms with E-state index >= 15 is 0 Å². The lowest BCUT2D eigenvalue weighted by Crippen LogP contribution is -2.31. The first-order chi connectivity index (χ1) is 9.55. The molecule has 2 aromatic rings. The normalized spacial score (nSPS) is 11.8. The van der Waals surface area contributed by atoms with E-state index in [-0.39, 0.29) is 18.0 Å². The Kier molecular flexibility index (Phi) is 4.52. The van der Waals surface area contributed by atoms with E-state index in [1.807, 2.05) is 30.3 Å². The maximum absolute atomic E-state index is 13.7. The van der Waals surface area contributed by atoms with Crippen LogP contribution in [0.15, 0.2) is 59.5 Å². The van der Waals surface area contributed by atoms with Gasteiger partial charge in [0.1, 0.15) is 10.7 Å². The Bertz CT molecular complexity index is 671. The third-order valence-corrected chi connectivity index (χ3v) is 4.96. The average molecular weight is 293 g/mol. The van der Waals surface area contributed by atoms with Gasteiger partial charge in [0, 0.05) is 13.1 Å². The second-order valence-corrected chi connectivity index (χ2v) is 6.25. The predicted molar refractivity (Wildman–Crippen MR) is 76.1 cm³/mol. The summed E-state index contributed by atoms with van der Waals surface area (Å²) in [6.07, 6.45) is 0. The van der Waals surface area contributed by atoms with Crippen molar-refractivity contribution in [1.82, 2.24) is 4.31 Å². The lowest BCUT2D eigenvalue weighted by atomic mass is 10.2. The van der Waals surface area contributed by atoms with Crippen LogP contribution in [0.25, 0.3) is 0 Å². The lowest BCUT2D eigenvalue weighted by molar-refractivity contribution is 0.419. The predicted octanol–water partition coefficient (Wildman–Crippen LogP) is 3.04. The van der Waals surface area contributed by atoms with Crippen molar-refractivity contribution in [3.05, 3.63) is 66.0 Å². The van der Waals surface area contributed by atoms with Gasteiger partial charge in [-0.1, -0.05) is 49.4 Å². The van der Waals surface area contributed by atoms with Crippen LogP contribution in [0.2, 0.25) is 0 Å². The summed E-state index contributed by atoms with van der Waals surface area (Å²) in [5.41, 5.74) is 0.870. The second kappa shape index (κ2) is 6.15. The van der Waals surface area contributed by atoms with Crippen molar-refractivity contribution in [2.24, 2.45) is 0 Å². The van der Waals surface area contributed by atoms with E-state index in [1.54, 1.807) is 6.92 Å². The molecule has 2 aromatic carbocycles. The van der Waals surface area contributed by atoms with Crippen LogP contribution < -0.4 is 0 Å². The number of hydrogen-bond acceptors (Lipinski definition) is 2. The Morgan fingerprint density at radius 1 is 1.00 bits per heavy atom. The summed E-state index contributed by atoms with van der Waals surface area (Å²) in [6.45, 7) is 2.25. The van der Waals surface area contributed by atoms with E-state index in [0.717, 1.165) is 11.6 Å². The molecule has 0 saturated carbocycles. The Labute approximate surface area is 118 Å². The Balaban J connectivity index is 2.34. The van der Waals surface area contributed by atoms with E-state index < -0.39 is 15.8 Å². The molecule has 0 bridgehead atoms. The van der Waals surface area contributed by atoms with Gasteiger partial charge >= 0.3 is 0 Å². The average Bonchev–Trinajstić information content (AvgIpc) is 2.46. The molecule has 0 amide bonds.